The van der Waals surface area contributed by atoms with Crippen molar-refractivity contribution in [3.8, 4) is 0 Å². The Hall–Kier alpha value is -1.88. The summed E-state index contributed by atoms with van der Waals surface area (Å²) in [7, 11) is 0. The largest absolute Gasteiger partial charge is 0.457 e. The second kappa shape index (κ2) is 8.48. The number of morpholine rings is 1. The van der Waals surface area contributed by atoms with Crippen LogP contribution in [0.15, 0.2) is 24.3 Å². The lowest BCUT2D eigenvalue weighted by molar-refractivity contribution is -0.150. The van der Waals surface area contributed by atoms with E-state index in [0.29, 0.717) is 32.7 Å². The molecule has 0 N–H and O–H groups in total. The Morgan fingerprint density at radius 3 is 2.76 bits per heavy atom. The number of ether oxygens (including phenoxy) is 2. The number of esters is 1. The highest BCUT2D eigenvalue weighted by Crippen LogP contribution is 2.39. The van der Waals surface area contributed by atoms with Gasteiger partial charge in [0.2, 0.25) is 5.91 Å². The lowest BCUT2D eigenvalue weighted by Gasteiger charge is -2.33. The summed E-state index contributed by atoms with van der Waals surface area (Å²) in [6.07, 6.45) is 4.13. The first-order chi connectivity index (χ1) is 12.1. The van der Waals surface area contributed by atoms with Crippen molar-refractivity contribution >= 4 is 11.9 Å². The van der Waals surface area contributed by atoms with E-state index in [4.69, 9.17) is 9.47 Å². The molecule has 5 nitrogen and oxygen atoms in total. The van der Waals surface area contributed by atoms with Crippen LogP contribution in [-0.2, 0) is 25.5 Å². The van der Waals surface area contributed by atoms with Crippen molar-refractivity contribution in [2.24, 2.45) is 5.92 Å². The Morgan fingerprint density at radius 1 is 1.24 bits per heavy atom. The van der Waals surface area contributed by atoms with Gasteiger partial charge in [0.25, 0.3) is 0 Å². The van der Waals surface area contributed by atoms with Gasteiger partial charge in [-0.05, 0) is 36.8 Å². The summed E-state index contributed by atoms with van der Waals surface area (Å²) in [6, 6.07) is 8.21. The first-order valence-corrected chi connectivity index (χ1v) is 9.25. The van der Waals surface area contributed by atoms with E-state index >= 15 is 0 Å². The van der Waals surface area contributed by atoms with Crippen molar-refractivity contribution in [1.82, 2.24) is 4.90 Å². The maximum absolute atomic E-state index is 12.3. The zero-order valence-electron chi connectivity index (χ0n) is 14.9. The van der Waals surface area contributed by atoms with E-state index < -0.39 is 0 Å². The third-order valence-corrected chi connectivity index (χ3v) is 5.20. The van der Waals surface area contributed by atoms with E-state index in [1.807, 2.05) is 17.0 Å². The molecule has 25 heavy (non-hydrogen) atoms. The number of nitrogens with zero attached hydrogens (tertiary/aromatic N) is 1. The molecule has 0 saturated carbocycles. The molecule has 1 aliphatic heterocycles. The number of benzene rings is 1. The van der Waals surface area contributed by atoms with Crippen molar-refractivity contribution in [1.29, 1.82) is 0 Å². The van der Waals surface area contributed by atoms with Crippen LogP contribution in [0.4, 0.5) is 0 Å². The summed E-state index contributed by atoms with van der Waals surface area (Å²) in [5.41, 5.74) is 2.41. The fourth-order valence-corrected chi connectivity index (χ4v) is 3.91. The SMILES string of the molecule is CC(=O)OC1c2ccccc2CCC1CCCC(=O)N1CCOCC1. The lowest BCUT2D eigenvalue weighted by atomic mass is 9.79. The Kier molecular flexibility index (Phi) is 6.08. The normalized spacial score (nSPS) is 23.0. The molecule has 1 aromatic rings. The summed E-state index contributed by atoms with van der Waals surface area (Å²) < 4.78 is 10.9. The van der Waals surface area contributed by atoms with Gasteiger partial charge in [0.05, 0.1) is 13.2 Å². The lowest BCUT2D eigenvalue weighted by Crippen LogP contribution is -2.40. The van der Waals surface area contributed by atoms with Gasteiger partial charge in [-0.25, -0.2) is 0 Å². The zero-order chi connectivity index (χ0) is 17.6. The van der Waals surface area contributed by atoms with Crippen LogP contribution in [0, 0.1) is 5.92 Å². The highest BCUT2D eigenvalue weighted by atomic mass is 16.5. The number of amides is 1. The fraction of sp³-hybridized carbons (Fsp3) is 0.600. The van der Waals surface area contributed by atoms with Gasteiger partial charge in [-0.3, -0.25) is 9.59 Å². The highest BCUT2D eigenvalue weighted by molar-refractivity contribution is 5.76. The molecule has 1 saturated heterocycles. The van der Waals surface area contributed by atoms with Crippen LogP contribution in [0.25, 0.3) is 0 Å². The molecule has 0 spiro atoms. The summed E-state index contributed by atoms with van der Waals surface area (Å²) in [5, 5.41) is 0. The van der Waals surface area contributed by atoms with Gasteiger partial charge in [-0.2, -0.15) is 0 Å². The average Bonchev–Trinajstić information content (AvgIpc) is 2.63. The van der Waals surface area contributed by atoms with Crippen LogP contribution in [-0.4, -0.2) is 43.1 Å². The second-order valence-electron chi connectivity index (χ2n) is 6.91. The average molecular weight is 345 g/mol. The zero-order valence-corrected chi connectivity index (χ0v) is 14.9. The Labute approximate surface area is 149 Å². The molecule has 2 aliphatic rings. The topological polar surface area (TPSA) is 55.8 Å². The van der Waals surface area contributed by atoms with Crippen LogP contribution in [0.1, 0.15) is 49.8 Å². The minimum absolute atomic E-state index is 0.180. The van der Waals surface area contributed by atoms with Crippen molar-refractivity contribution in [2.45, 2.75) is 45.1 Å². The molecule has 2 atom stereocenters. The van der Waals surface area contributed by atoms with E-state index in [1.54, 1.807) is 0 Å². The molecule has 136 valence electrons. The van der Waals surface area contributed by atoms with Crippen molar-refractivity contribution in [2.75, 3.05) is 26.3 Å². The molecule has 5 heteroatoms. The van der Waals surface area contributed by atoms with Crippen LogP contribution in [0.3, 0.4) is 0 Å². The van der Waals surface area contributed by atoms with Gasteiger partial charge in [-0.15, -0.1) is 0 Å². The molecular weight excluding hydrogens is 318 g/mol. The Bertz CT molecular complexity index is 609. The number of carbonyl (C=O) groups excluding carboxylic acids is 2. The van der Waals surface area contributed by atoms with E-state index in [9.17, 15) is 9.59 Å². The smallest absolute Gasteiger partial charge is 0.303 e. The molecule has 1 heterocycles. The molecule has 1 fully saturated rings. The minimum Gasteiger partial charge on any atom is -0.457 e. The maximum Gasteiger partial charge on any atom is 0.303 e. The molecule has 0 radical (unpaired) electrons. The third kappa shape index (κ3) is 4.60. The number of fused-ring (bicyclic) bond motifs is 1. The van der Waals surface area contributed by atoms with Gasteiger partial charge in [0, 0.05) is 32.4 Å². The molecule has 2 unspecified atom stereocenters. The predicted molar refractivity (Wildman–Crippen MR) is 94.0 cm³/mol. The van der Waals surface area contributed by atoms with Gasteiger partial charge in [0.1, 0.15) is 6.10 Å². The number of hydrogen-bond acceptors (Lipinski definition) is 4. The predicted octanol–water partition coefficient (Wildman–Crippen LogP) is 2.88. The van der Waals surface area contributed by atoms with Crippen molar-refractivity contribution < 1.29 is 19.1 Å². The van der Waals surface area contributed by atoms with Gasteiger partial charge >= 0.3 is 5.97 Å². The summed E-state index contributed by atoms with van der Waals surface area (Å²) in [5.74, 6) is 0.260. The number of aryl methyl sites for hydroxylation is 1. The quantitative estimate of drug-likeness (QED) is 0.770. The molecule has 1 amide bonds. The third-order valence-electron chi connectivity index (χ3n) is 5.20. The summed E-state index contributed by atoms with van der Waals surface area (Å²) >= 11 is 0. The number of rotatable bonds is 5. The van der Waals surface area contributed by atoms with Crippen LogP contribution < -0.4 is 0 Å². The second-order valence-corrected chi connectivity index (χ2v) is 6.91. The highest BCUT2D eigenvalue weighted by Gasteiger charge is 2.31. The van der Waals surface area contributed by atoms with Gasteiger partial charge in [0.15, 0.2) is 0 Å². The standard InChI is InChI=1S/C20H27NO4/c1-15(22)25-20-17(10-9-16-5-2-3-7-18(16)20)6-4-8-19(23)21-11-13-24-14-12-21/h2-3,5,7,17,20H,4,6,8-14H2,1H3. The number of carbonyl (C=O) groups is 2. The minimum atomic E-state index is -0.240. The molecular formula is C20H27NO4. The Morgan fingerprint density at radius 2 is 2.00 bits per heavy atom. The van der Waals surface area contributed by atoms with Crippen LogP contribution in [0.2, 0.25) is 0 Å². The van der Waals surface area contributed by atoms with Crippen molar-refractivity contribution in [3.05, 3.63) is 35.4 Å². The molecule has 0 bridgehead atoms. The van der Waals surface area contributed by atoms with Gasteiger partial charge in [-0.1, -0.05) is 24.3 Å². The fourth-order valence-electron chi connectivity index (χ4n) is 3.91. The van der Waals surface area contributed by atoms with Crippen molar-refractivity contribution in [3.63, 3.8) is 0 Å². The molecule has 1 aliphatic carbocycles. The van der Waals surface area contributed by atoms with E-state index in [0.717, 1.165) is 31.2 Å². The summed E-state index contributed by atoms with van der Waals surface area (Å²) in [6.45, 7) is 4.15. The first-order valence-electron chi connectivity index (χ1n) is 9.25. The molecule has 1 aromatic carbocycles. The first kappa shape index (κ1) is 17.9. The van der Waals surface area contributed by atoms with Crippen LogP contribution in [0.5, 0.6) is 0 Å². The van der Waals surface area contributed by atoms with E-state index in [-0.39, 0.29) is 23.9 Å². The number of hydrogen-bond donors (Lipinski definition) is 0. The van der Waals surface area contributed by atoms with E-state index in [1.165, 1.54) is 12.5 Å². The van der Waals surface area contributed by atoms with E-state index in [2.05, 4.69) is 12.1 Å². The monoisotopic (exact) mass is 345 g/mol. The summed E-state index contributed by atoms with van der Waals surface area (Å²) in [4.78, 5) is 25.7. The molecule has 3 rings (SSSR count). The Balaban J connectivity index is 1.57. The maximum atomic E-state index is 12.3. The van der Waals surface area contributed by atoms with Crippen LogP contribution >= 0.6 is 0 Å². The molecule has 0 aromatic heterocycles. The van der Waals surface area contributed by atoms with Gasteiger partial charge < -0.3 is 14.4 Å².